The van der Waals surface area contributed by atoms with Crippen LogP contribution in [0.1, 0.15) is 5.56 Å². The van der Waals surface area contributed by atoms with Crippen LogP contribution in [0.2, 0.25) is 5.02 Å². The summed E-state index contributed by atoms with van der Waals surface area (Å²) >= 11 is 5.87. The topological polar surface area (TPSA) is 49.4 Å². The van der Waals surface area contributed by atoms with E-state index in [2.05, 4.69) is 4.72 Å². The minimum atomic E-state index is -3.36. The second-order valence-corrected chi connectivity index (χ2v) is 7.28. The normalized spacial score (nSPS) is 11.4. The van der Waals surface area contributed by atoms with Crippen molar-refractivity contribution in [2.24, 2.45) is 0 Å². The van der Waals surface area contributed by atoms with E-state index in [-0.39, 0.29) is 5.75 Å². The first-order valence-electron chi connectivity index (χ1n) is 6.94. The fraction of sp³-hybridized carbons (Fsp3) is 0.250. The highest BCUT2D eigenvalue weighted by Crippen LogP contribution is 2.13. The van der Waals surface area contributed by atoms with Gasteiger partial charge in [-0.3, -0.25) is 0 Å². The molecule has 6 heteroatoms. The molecule has 22 heavy (non-hydrogen) atoms. The summed E-state index contributed by atoms with van der Waals surface area (Å²) in [4.78, 5) is 2.00. The van der Waals surface area contributed by atoms with E-state index in [9.17, 15) is 8.42 Å². The molecule has 0 atom stereocenters. The maximum atomic E-state index is 12.1. The summed E-state index contributed by atoms with van der Waals surface area (Å²) in [5.74, 6) is -0.0669. The minimum absolute atomic E-state index is 0.0669. The number of halogens is 1. The predicted octanol–water partition coefficient (Wildman–Crippen LogP) is 2.90. The van der Waals surface area contributed by atoms with Gasteiger partial charge >= 0.3 is 0 Å². The molecule has 2 rings (SSSR count). The lowest BCUT2D eigenvalue weighted by Crippen LogP contribution is -2.33. The first kappa shape index (κ1) is 16.8. The van der Waals surface area contributed by atoms with Gasteiger partial charge in [0.15, 0.2) is 0 Å². The number of hydrogen-bond donors (Lipinski definition) is 1. The van der Waals surface area contributed by atoms with Crippen molar-refractivity contribution in [3.05, 3.63) is 65.2 Å². The summed E-state index contributed by atoms with van der Waals surface area (Å²) in [6.45, 7) is 0.951. The van der Waals surface area contributed by atoms with E-state index in [0.29, 0.717) is 23.7 Å². The summed E-state index contributed by atoms with van der Waals surface area (Å²) in [5.41, 5.74) is 1.73. The zero-order valence-electron chi connectivity index (χ0n) is 12.4. The van der Waals surface area contributed by atoms with Crippen molar-refractivity contribution in [2.75, 3.05) is 25.0 Å². The van der Waals surface area contributed by atoms with Gasteiger partial charge in [0.25, 0.3) is 0 Å². The van der Waals surface area contributed by atoms with Crippen molar-refractivity contribution in [2.45, 2.75) is 5.75 Å². The molecule has 0 aliphatic carbocycles. The first-order valence-corrected chi connectivity index (χ1v) is 8.97. The molecule has 0 bridgehead atoms. The molecule has 0 unspecified atom stereocenters. The van der Waals surface area contributed by atoms with Crippen molar-refractivity contribution in [3.63, 3.8) is 0 Å². The summed E-state index contributed by atoms with van der Waals surface area (Å²) in [6, 6.07) is 16.7. The van der Waals surface area contributed by atoms with Crippen LogP contribution in [0.4, 0.5) is 5.69 Å². The van der Waals surface area contributed by atoms with Gasteiger partial charge in [-0.2, -0.15) is 0 Å². The zero-order valence-corrected chi connectivity index (χ0v) is 13.9. The average molecular weight is 339 g/mol. The molecular formula is C16H19ClN2O2S. The van der Waals surface area contributed by atoms with Gasteiger partial charge in [0.1, 0.15) is 0 Å². The molecule has 0 fully saturated rings. The monoisotopic (exact) mass is 338 g/mol. The maximum absolute atomic E-state index is 12.1. The molecule has 0 saturated carbocycles. The number of nitrogens with one attached hydrogen (secondary N) is 1. The van der Waals surface area contributed by atoms with Crippen molar-refractivity contribution in [1.82, 2.24) is 4.72 Å². The smallest absolute Gasteiger partial charge is 0.215 e. The first-order chi connectivity index (χ1) is 10.5. The molecule has 0 aliphatic rings. The standard InChI is InChI=1S/C16H19ClN2O2S/c1-19(16-8-3-2-4-9-16)11-10-18-22(20,21)13-14-6-5-7-15(17)12-14/h2-9,12,18H,10-11,13H2,1H3. The number of para-hydroxylation sites is 1. The Bertz CT molecular complexity index is 705. The molecule has 4 nitrogen and oxygen atoms in total. The van der Waals surface area contributed by atoms with Crippen LogP contribution in [-0.2, 0) is 15.8 Å². The van der Waals surface area contributed by atoms with E-state index in [1.165, 1.54) is 0 Å². The van der Waals surface area contributed by atoms with E-state index in [4.69, 9.17) is 11.6 Å². The number of likely N-dealkylation sites (N-methyl/N-ethyl adjacent to an activating group) is 1. The lowest BCUT2D eigenvalue weighted by Gasteiger charge is -2.19. The highest BCUT2D eigenvalue weighted by Gasteiger charge is 2.11. The maximum Gasteiger partial charge on any atom is 0.215 e. The highest BCUT2D eigenvalue weighted by atomic mass is 35.5. The number of rotatable bonds is 7. The highest BCUT2D eigenvalue weighted by molar-refractivity contribution is 7.88. The Kier molecular flexibility index (Phi) is 5.83. The molecule has 0 heterocycles. The Morgan fingerprint density at radius 3 is 2.50 bits per heavy atom. The van der Waals surface area contributed by atoms with E-state index < -0.39 is 10.0 Å². The molecule has 0 amide bonds. The zero-order chi connectivity index (χ0) is 16.0. The molecule has 0 aliphatic heterocycles. The summed E-state index contributed by atoms with van der Waals surface area (Å²) < 4.78 is 26.7. The van der Waals surface area contributed by atoms with Gasteiger partial charge in [-0.25, -0.2) is 13.1 Å². The van der Waals surface area contributed by atoms with E-state index in [0.717, 1.165) is 5.69 Å². The third kappa shape index (κ3) is 5.33. The van der Waals surface area contributed by atoms with Crippen LogP contribution >= 0.6 is 11.6 Å². The summed E-state index contributed by atoms with van der Waals surface area (Å²) in [6.07, 6.45) is 0. The molecule has 2 aromatic rings. The number of anilines is 1. The van der Waals surface area contributed by atoms with Gasteiger partial charge in [-0.1, -0.05) is 41.9 Å². The molecule has 2 aromatic carbocycles. The number of benzene rings is 2. The third-order valence-electron chi connectivity index (χ3n) is 3.21. The molecule has 0 radical (unpaired) electrons. The molecule has 0 aromatic heterocycles. The van der Waals surface area contributed by atoms with Crippen molar-refractivity contribution in [3.8, 4) is 0 Å². The van der Waals surface area contributed by atoms with E-state index >= 15 is 0 Å². The number of nitrogens with zero attached hydrogens (tertiary/aromatic N) is 1. The minimum Gasteiger partial charge on any atom is -0.373 e. The quantitative estimate of drug-likeness (QED) is 0.844. The summed E-state index contributed by atoms with van der Waals surface area (Å²) in [7, 11) is -1.43. The van der Waals surface area contributed by atoms with Crippen LogP contribution in [0.3, 0.4) is 0 Å². The Labute approximate surface area is 136 Å². The van der Waals surface area contributed by atoms with Gasteiger partial charge in [0.05, 0.1) is 5.75 Å². The van der Waals surface area contributed by atoms with Crippen LogP contribution in [0.15, 0.2) is 54.6 Å². The van der Waals surface area contributed by atoms with Gasteiger partial charge in [0.2, 0.25) is 10.0 Å². The van der Waals surface area contributed by atoms with Crippen molar-refractivity contribution in [1.29, 1.82) is 0 Å². The molecular weight excluding hydrogens is 320 g/mol. The van der Waals surface area contributed by atoms with Crippen LogP contribution in [0.25, 0.3) is 0 Å². The van der Waals surface area contributed by atoms with Crippen LogP contribution in [-0.4, -0.2) is 28.6 Å². The van der Waals surface area contributed by atoms with Crippen LogP contribution in [0, 0.1) is 0 Å². The van der Waals surface area contributed by atoms with E-state index in [1.807, 2.05) is 42.3 Å². The fourth-order valence-electron chi connectivity index (χ4n) is 2.08. The summed E-state index contributed by atoms with van der Waals surface area (Å²) in [5, 5.41) is 0.538. The van der Waals surface area contributed by atoms with Gasteiger partial charge in [-0.05, 0) is 29.8 Å². The van der Waals surface area contributed by atoms with Gasteiger partial charge in [-0.15, -0.1) is 0 Å². The van der Waals surface area contributed by atoms with Gasteiger partial charge < -0.3 is 4.90 Å². The van der Waals surface area contributed by atoms with Crippen LogP contribution < -0.4 is 9.62 Å². The average Bonchev–Trinajstić information content (AvgIpc) is 2.47. The third-order valence-corrected chi connectivity index (χ3v) is 4.80. The lowest BCUT2D eigenvalue weighted by molar-refractivity contribution is 0.580. The fourth-order valence-corrected chi connectivity index (χ4v) is 3.41. The van der Waals surface area contributed by atoms with Crippen molar-refractivity contribution < 1.29 is 8.42 Å². The van der Waals surface area contributed by atoms with Crippen LogP contribution in [0.5, 0.6) is 0 Å². The second-order valence-electron chi connectivity index (χ2n) is 5.04. The molecule has 0 saturated heterocycles. The molecule has 0 spiro atoms. The Balaban J connectivity index is 1.85. The Morgan fingerprint density at radius 2 is 1.82 bits per heavy atom. The second kappa shape index (κ2) is 7.63. The van der Waals surface area contributed by atoms with Gasteiger partial charge in [0, 0.05) is 30.8 Å². The number of sulfonamides is 1. The largest absolute Gasteiger partial charge is 0.373 e. The van der Waals surface area contributed by atoms with Crippen molar-refractivity contribution >= 4 is 27.3 Å². The Morgan fingerprint density at radius 1 is 1.09 bits per heavy atom. The lowest BCUT2D eigenvalue weighted by atomic mass is 10.2. The number of hydrogen-bond acceptors (Lipinski definition) is 3. The SMILES string of the molecule is CN(CCNS(=O)(=O)Cc1cccc(Cl)c1)c1ccccc1. The molecule has 1 N–H and O–H groups in total. The molecule has 118 valence electrons. The predicted molar refractivity (Wildman–Crippen MR) is 91.8 cm³/mol. The van der Waals surface area contributed by atoms with E-state index in [1.54, 1.807) is 24.3 Å². The Hall–Kier alpha value is -1.56.